The Labute approximate surface area is 109 Å². The van der Waals surface area contributed by atoms with Gasteiger partial charge >= 0.3 is 0 Å². The molecule has 1 aromatic rings. The summed E-state index contributed by atoms with van der Waals surface area (Å²) < 4.78 is 5.75. The number of hydrogen-bond donors (Lipinski definition) is 1. The molecule has 0 saturated carbocycles. The van der Waals surface area contributed by atoms with Crippen molar-refractivity contribution in [3.63, 3.8) is 0 Å². The minimum absolute atomic E-state index is 0.275. The molecule has 4 nitrogen and oxygen atoms in total. The van der Waals surface area contributed by atoms with Gasteiger partial charge in [0, 0.05) is 24.8 Å². The third kappa shape index (κ3) is 2.82. The number of anilines is 1. The molecule has 0 radical (unpaired) electrons. The number of ether oxygens (including phenoxy) is 1. The standard InChI is InChI=1S/C14H23N3O/c1-4-13-10-18-11(2)9-17(13)14-12(8-15-3)6-5-7-16-14/h5-7,11,13,15H,4,8-10H2,1-3H3. The van der Waals surface area contributed by atoms with Gasteiger partial charge in [-0.05, 0) is 26.5 Å². The van der Waals surface area contributed by atoms with Crippen molar-refractivity contribution in [1.29, 1.82) is 0 Å². The molecule has 1 aliphatic heterocycles. The maximum absolute atomic E-state index is 5.75. The second-order valence-corrected chi connectivity index (χ2v) is 4.87. The van der Waals surface area contributed by atoms with E-state index < -0.39 is 0 Å². The van der Waals surface area contributed by atoms with Crippen LogP contribution in [0.15, 0.2) is 18.3 Å². The van der Waals surface area contributed by atoms with Crippen molar-refractivity contribution >= 4 is 5.82 Å². The van der Waals surface area contributed by atoms with Crippen molar-refractivity contribution in [2.45, 2.75) is 39.0 Å². The molecule has 2 rings (SSSR count). The Hall–Kier alpha value is -1.13. The van der Waals surface area contributed by atoms with Gasteiger partial charge in [0.05, 0.1) is 18.8 Å². The molecule has 2 unspecified atom stereocenters. The number of nitrogens with zero attached hydrogens (tertiary/aromatic N) is 2. The molecule has 1 fully saturated rings. The Morgan fingerprint density at radius 3 is 3.11 bits per heavy atom. The Balaban J connectivity index is 2.26. The number of morpholine rings is 1. The third-order valence-corrected chi connectivity index (χ3v) is 3.45. The molecule has 1 N–H and O–H groups in total. The predicted octanol–water partition coefficient (Wildman–Crippen LogP) is 1.80. The van der Waals surface area contributed by atoms with E-state index in [0.717, 1.165) is 31.9 Å². The lowest BCUT2D eigenvalue weighted by atomic mass is 10.1. The first kappa shape index (κ1) is 13.3. The van der Waals surface area contributed by atoms with Gasteiger partial charge in [0.2, 0.25) is 0 Å². The number of aromatic nitrogens is 1. The second-order valence-electron chi connectivity index (χ2n) is 4.87. The summed E-state index contributed by atoms with van der Waals surface area (Å²) in [5.74, 6) is 1.11. The summed E-state index contributed by atoms with van der Waals surface area (Å²) in [6.45, 7) is 6.90. The second kappa shape index (κ2) is 6.16. The van der Waals surface area contributed by atoms with Crippen LogP contribution in [-0.2, 0) is 11.3 Å². The van der Waals surface area contributed by atoms with E-state index in [-0.39, 0.29) is 6.10 Å². The van der Waals surface area contributed by atoms with Gasteiger partial charge in [-0.1, -0.05) is 13.0 Å². The predicted molar refractivity (Wildman–Crippen MR) is 73.8 cm³/mol. The molecule has 0 aliphatic carbocycles. The van der Waals surface area contributed by atoms with Crippen LogP contribution in [0.4, 0.5) is 5.82 Å². The molecule has 0 amide bonds. The molecular weight excluding hydrogens is 226 g/mol. The van der Waals surface area contributed by atoms with E-state index in [0.29, 0.717) is 6.04 Å². The van der Waals surface area contributed by atoms with Crippen LogP contribution in [0.1, 0.15) is 25.8 Å². The van der Waals surface area contributed by atoms with Gasteiger partial charge in [-0.2, -0.15) is 0 Å². The summed E-state index contributed by atoms with van der Waals surface area (Å²) in [6, 6.07) is 4.58. The summed E-state index contributed by atoms with van der Waals surface area (Å²) in [7, 11) is 1.97. The van der Waals surface area contributed by atoms with Gasteiger partial charge in [0.1, 0.15) is 5.82 Å². The molecule has 1 aromatic heterocycles. The van der Waals surface area contributed by atoms with Crippen LogP contribution >= 0.6 is 0 Å². The maximum atomic E-state index is 5.75. The SMILES string of the molecule is CCC1COC(C)CN1c1ncccc1CNC. The third-order valence-electron chi connectivity index (χ3n) is 3.45. The fraction of sp³-hybridized carbons (Fsp3) is 0.643. The van der Waals surface area contributed by atoms with Gasteiger partial charge in [0.15, 0.2) is 0 Å². The monoisotopic (exact) mass is 249 g/mol. The quantitative estimate of drug-likeness (QED) is 0.883. The Kier molecular flexibility index (Phi) is 4.55. The molecule has 2 heterocycles. The zero-order valence-electron chi connectivity index (χ0n) is 11.5. The fourth-order valence-electron chi connectivity index (χ4n) is 2.46. The van der Waals surface area contributed by atoms with E-state index in [1.807, 2.05) is 19.3 Å². The first-order chi connectivity index (χ1) is 8.76. The molecule has 4 heteroatoms. The van der Waals surface area contributed by atoms with Crippen LogP contribution in [0.2, 0.25) is 0 Å². The molecule has 0 spiro atoms. The average molecular weight is 249 g/mol. The van der Waals surface area contributed by atoms with Gasteiger partial charge in [0.25, 0.3) is 0 Å². The highest BCUT2D eigenvalue weighted by molar-refractivity contribution is 5.48. The molecule has 2 atom stereocenters. The lowest BCUT2D eigenvalue weighted by Crippen LogP contribution is -2.49. The van der Waals surface area contributed by atoms with E-state index >= 15 is 0 Å². The lowest BCUT2D eigenvalue weighted by Gasteiger charge is -2.40. The van der Waals surface area contributed by atoms with Crippen molar-refractivity contribution < 1.29 is 4.74 Å². The van der Waals surface area contributed by atoms with Crippen molar-refractivity contribution in [1.82, 2.24) is 10.3 Å². The highest BCUT2D eigenvalue weighted by atomic mass is 16.5. The average Bonchev–Trinajstić information content (AvgIpc) is 2.40. The minimum Gasteiger partial charge on any atom is -0.375 e. The number of rotatable bonds is 4. The molecular formula is C14H23N3O. The van der Waals surface area contributed by atoms with E-state index in [4.69, 9.17) is 4.74 Å². The van der Waals surface area contributed by atoms with E-state index in [9.17, 15) is 0 Å². The summed E-state index contributed by atoms with van der Waals surface area (Å²) in [5, 5.41) is 3.21. The van der Waals surface area contributed by atoms with Crippen LogP contribution in [0, 0.1) is 0 Å². The number of pyridine rings is 1. The van der Waals surface area contributed by atoms with Crippen LogP contribution in [0.25, 0.3) is 0 Å². The van der Waals surface area contributed by atoms with Gasteiger partial charge < -0.3 is 15.0 Å². The minimum atomic E-state index is 0.275. The highest BCUT2D eigenvalue weighted by Crippen LogP contribution is 2.24. The first-order valence-corrected chi connectivity index (χ1v) is 6.73. The van der Waals surface area contributed by atoms with E-state index in [2.05, 4.69) is 35.1 Å². The highest BCUT2D eigenvalue weighted by Gasteiger charge is 2.27. The zero-order valence-corrected chi connectivity index (χ0v) is 11.5. The topological polar surface area (TPSA) is 37.4 Å². The van der Waals surface area contributed by atoms with Gasteiger partial charge in [-0.3, -0.25) is 0 Å². The van der Waals surface area contributed by atoms with Crippen molar-refractivity contribution in [2.24, 2.45) is 0 Å². The van der Waals surface area contributed by atoms with Gasteiger partial charge in [-0.25, -0.2) is 4.98 Å². The molecule has 1 saturated heterocycles. The largest absolute Gasteiger partial charge is 0.375 e. The van der Waals surface area contributed by atoms with Crippen LogP contribution in [0.3, 0.4) is 0 Å². The molecule has 100 valence electrons. The van der Waals surface area contributed by atoms with E-state index in [1.54, 1.807) is 0 Å². The maximum Gasteiger partial charge on any atom is 0.133 e. The Morgan fingerprint density at radius 1 is 1.56 bits per heavy atom. The Morgan fingerprint density at radius 2 is 2.39 bits per heavy atom. The summed E-state index contributed by atoms with van der Waals surface area (Å²) in [5.41, 5.74) is 1.26. The smallest absolute Gasteiger partial charge is 0.133 e. The Bertz CT molecular complexity index is 383. The number of hydrogen-bond acceptors (Lipinski definition) is 4. The van der Waals surface area contributed by atoms with Crippen molar-refractivity contribution in [3.8, 4) is 0 Å². The molecule has 1 aliphatic rings. The van der Waals surface area contributed by atoms with Gasteiger partial charge in [-0.15, -0.1) is 0 Å². The van der Waals surface area contributed by atoms with Crippen LogP contribution < -0.4 is 10.2 Å². The molecule has 18 heavy (non-hydrogen) atoms. The van der Waals surface area contributed by atoms with Crippen molar-refractivity contribution in [3.05, 3.63) is 23.9 Å². The fourth-order valence-corrected chi connectivity index (χ4v) is 2.46. The molecule has 0 bridgehead atoms. The summed E-state index contributed by atoms with van der Waals surface area (Å²) in [4.78, 5) is 6.99. The normalized spacial score (nSPS) is 24.3. The van der Waals surface area contributed by atoms with Crippen LogP contribution in [0.5, 0.6) is 0 Å². The number of nitrogens with one attached hydrogen (secondary N) is 1. The summed E-state index contributed by atoms with van der Waals surface area (Å²) in [6.07, 6.45) is 3.24. The van der Waals surface area contributed by atoms with Crippen molar-refractivity contribution in [2.75, 3.05) is 25.1 Å². The zero-order chi connectivity index (χ0) is 13.0. The van der Waals surface area contributed by atoms with Crippen LogP contribution in [-0.4, -0.2) is 37.3 Å². The van der Waals surface area contributed by atoms with E-state index in [1.165, 1.54) is 5.56 Å². The summed E-state index contributed by atoms with van der Waals surface area (Å²) >= 11 is 0. The first-order valence-electron chi connectivity index (χ1n) is 6.73. The lowest BCUT2D eigenvalue weighted by molar-refractivity contribution is 0.0295. The molecule has 0 aromatic carbocycles.